The molecule has 1 nitrogen and oxygen atoms in total. The number of hydrogen-bond donors (Lipinski definition) is 0. The lowest BCUT2D eigenvalue weighted by Crippen LogP contribution is -2.10. The van der Waals surface area contributed by atoms with Gasteiger partial charge in [-0.2, -0.15) is 13.2 Å². The maximum Gasteiger partial charge on any atom is 0.416 e. The van der Waals surface area contributed by atoms with Crippen LogP contribution in [-0.2, 0) is 17.3 Å². The van der Waals surface area contributed by atoms with E-state index in [9.17, 15) is 13.2 Å². The summed E-state index contributed by atoms with van der Waals surface area (Å²) < 4.78 is 42.1. The van der Waals surface area contributed by atoms with Crippen LogP contribution in [0.5, 0.6) is 0 Å². The first-order chi connectivity index (χ1) is 6.93. The smallest absolute Gasteiger partial charge is 0.381 e. The largest absolute Gasteiger partial charge is 0.416 e. The molecule has 0 aliphatic rings. The molecular formula is C11H13F3O. The fourth-order valence-corrected chi connectivity index (χ4v) is 1.29. The van der Waals surface area contributed by atoms with E-state index in [1.165, 1.54) is 13.2 Å². The van der Waals surface area contributed by atoms with Gasteiger partial charge >= 0.3 is 6.18 Å². The molecule has 4 heteroatoms. The average Bonchev–Trinajstić information content (AvgIpc) is 2.17. The van der Waals surface area contributed by atoms with E-state index >= 15 is 0 Å². The molecule has 0 spiro atoms. The van der Waals surface area contributed by atoms with Gasteiger partial charge in [0.2, 0.25) is 0 Å². The summed E-state index contributed by atoms with van der Waals surface area (Å²) in [4.78, 5) is 0. The van der Waals surface area contributed by atoms with Crippen LogP contribution in [-0.4, -0.2) is 13.2 Å². The van der Waals surface area contributed by atoms with Crippen molar-refractivity contribution < 1.29 is 17.9 Å². The maximum atomic E-state index is 12.4. The number of benzene rings is 1. The molecule has 0 bridgehead atoms. The molecule has 84 valence electrons. The highest BCUT2D eigenvalue weighted by molar-refractivity contribution is 5.26. The minimum Gasteiger partial charge on any atom is -0.381 e. The van der Waals surface area contributed by atoms with Gasteiger partial charge in [-0.1, -0.05) is 18.2 Å². The number of hydrogen-bond acceptors (Lipinski definition) is 1. The molecule has 0 aromatic heterocycles. The molecule has 0 heterocycles. The number of alkyl halides is 3. The molecule has 1 aromatic rings. The van der Waals surface area contributed by atoms with Crippen molar-refractivity contribution >= 4 is 0 Å². The fraction of sp³-hybridized carbons (Fsp3) is 0.455. The summed E-state index contributed by atoms with van der Waals surface area (Å²) in [5.41, 5.74) is 0.0301. The minimum atomic E-state index is -4.27. The second kappa shape index (κ2) is 4.66. The fourth-order valence-electron chi connectivity index (χ4n) is 1.29. The third kappa shape index (κ3) is 3.55. The summed E-state index contributed by atoms with van der Waals surface area (Å²) in [5.74, 6) is 0. The lowest BCUT2D eigenvalue weighted by atomic mass is 10.1. The van der Waals surface area contributed by atoms with Gasteiger partial charge in [0.25, 0.3) is 0 Å². The molecule has 0 aliphatic heterocycles. The van der Waals surface area contributed by atoms with Crippen molar-refractivity contribution in [3.05, 3.63) is 35.4 Å². The summed E-state index contributed by atoms with van der Waals surface area (Å²) in [6.45, 7) is 1.82. The third-order valence-corrected chi connectivity index (χ3v) is 2.18. The molecule has 0 radical (unpaired) electrons. The Labute approximate surface area is 86.9 Å². The van der Waals surface area contributed by atoms with Gasteiger partial charge in [-0.05, 0) is 25.0 Å². The van der Waals surface area contributed by atoms with Crippen LogP contribution >= 0.6 is 0 Å². The van der Waals surface area contributed by atoms with Gasteiger partial charge in [0.15, 0.2) is 0 Å². The Balaban J connectivity index is 2.84. The molecule has 0 amide bonds. The zero-order valence-corrected chi connectivity index (χ0v) is 8.64. The van der Waals surface area contributed by atoms with Gasteiger partial charge in [-0.25, -0.2) is 0 Å². The molecule has 0 unspecified atom stereocenters. The molecule has 15 heavy (non-hydrogen) atoms. The van der Waals surface area contributed by atoms with Gasteiger partial charge in [0.05, 0.1) is 11.7 Å². The second-order valence-electron chi connectivity index (χ2n) is 3.45. The predicted molar refractivity (Wildman–Crippen MR) is 51.6 cm³/mol. The van der Waals surface area contributed by atoms with E-state index in [0.717, 1.165) is 12.1 Å². The Bertz CT molecular complexity index is 320. The summed E-state index contributed by atoms with van der Waals surface area (Å²) >= 11 is 0. The van der Waals surface area contributed by atoms with Crippen LogP contribution in [0.3, 0.4) is 0 Å². The van der Waals surface area contributed by atoms with E-state index < -0.39 is 11.7 Å². The first kappa shape index (κ1) is 12.0. The standard InChI is InChI=1S/C11H13F3O/c1-8(15-2)6-9-4-3-5-10(7-9)11(12,13)14/h3-5,7-8H,6H2,1-2H3/t8-/m0/s1. The zero-order valence-electron chi connectivity index (χ0n) is 8.64. The monoisotopic (exact) mass is 218 g/mol. The highest BCUT2D eigenvalue weighted by atomic mass is 19.4. The van der Waals surface area contributed by atoms with E-state index in [1.807, 2.05) is 6.92 Å². The predicted octanol–water partition coefficient (Wildman–Crippen LogP) is 3.28. The quantitative estimate of drug-likeness (QED) is 0.756. The molecule has 0 N–H and O–H groups in total. The molecular weight excluding hydrogens is 205 g/mol. The van der Waals surface area contributed by atoms with Crippen LogP contribution in [0.4, 0.5) is 13.2 Å². The summed E-state index contributed by atoms with van der Waals surface area (Å²) in [6.07, 6.45) is -3.86. The highest BCUT2D eigenvalue weighted by Gasteiger charge is 2.30. The average molecular weight is 218 g/mol. The minimum absolute atomic E-state index is 0.0755. The summed E-state index contributed by atoms with van der Waals surface area (Å²) in [7, 11) is 1.54. The van der Waals surface area contributed by atoms with E-state index in [0.29, 0.717) is 12.0 Å². The van der Waals surface area contributed by atoms with Crippen LogP contribution in [0.15, 0.2) is 24.3 Å². The third-order valence-electron chi connectivity index (χ3n) is 2.18. The van der Waals surface area contributed by atoms with Crippen LogP contribution in [0.2, 0.25) is 0 Å². The first-order valence-electron chi connectivity index (χ1n) is 4.62. The van der Waals surface area contributed by atoms with Crippen molar-refractivity contribution in [2.24, 2.45) is 0 Å². The molecule has 1 rings (SSSR count). The number of methoxy groups -OCH3 is 1. The summed E-state index contributed by atoms with van der Waals surface area (Å²) in [5, 5.41) is 0. The Morgan fingerprint density at radius 3 is 2.53 bits per heavy atom. The lowest BCUT2D eigenvalue weighted by molar-refractivity contribution is -0.137. The van der Waals surface area contributed by atoms with Gasteiger partial charge in [0, 0.05) is 7.11 Å². The zero-order chi connectivity index (χ0) is 11.5. The molecule has 1 aromatic carbocycles. The van der Waals surface area contributed by atoms with Crippen molar-refractivity contribution in [1.29, 1.82) is 0 Å². The van der Waals surface area contributed by atoms with Crippen molar-refractivity contribution in [2.75, 3.05) is 7.11 Å². The van der Waals surface area contributed by atoms with E-state index in [-0.39, 0.29) is 6.10 Å². The Morgan fingerprint density at radius 1 is 1.33 bits per heavy atom. The second-order valence-corrected chi connectivity index (χ2v) is 3.45. The van der Waals surface area contributed by atoms with Crippen LogP contribution in [0.25, 0.3) is 0 Å². The highest BCUT2D eigenvalue weighted by Crippen LogP contribution is 2.29. The topological polar surface area (TPSA) is 9.23 Å². The molecule has 0 saturated heterocycles. The normalized spacial score (nSPS) is 13.9. The van der Waals surface area contributed by atoms with Crippen molar-refractivity contribution in [3.63, 3.8) is 0 Å². The van der Waals surface area contributed by atoms with Crippen molar-refractivity contribution in [3.8, 4) is 0 Å². The Morgan fingerprint density at radius 2 is 2.00 bits per heavy atom. The Kier molecular flexibility index (Phi) is 3.74. The van der Waals surface area contributed by atoms with Gasteiger partial charge in [-0.15, -0.1) is 0 Å². The van der Waals surface area contributed by atoms with Gasteiger partial charge < -0.3 is 4.74 Å². The first-order valence-corrected chi connectivity index (χ1v) is 4.62. The Hall–Kier alpha value is -1.03. The lowest BCUT2D eigenvalue weighted by Gasteiger charge is -2.11. The van der Waals surface area contributed by atoms with E-state index in [4.69, 9.17) is 4.74 Å². The SMILES string of the molecule is CO[C@@H](C)Cc1cccc(C(F)(F)F)c1. The van der Waals surface area contributed by atoms with Crippen LogP contribution in [0.1, 0.15) is 18.1 Å². The number of halogens is 3. The van der Waals surface area contributed by atoms with Crippen LogP contribution in [0, 0.1) is 0 Å². The summed E-state index contributed by atoms with van der Waals surface area (Å²) in [6, 6.07) is 5.32. The molecule has 0 fully saturated rings. The van der Waals surface area contributed by atoms with E-state index in [2.05, 4.69) is 0 Å². The van der Waals surface area contributed by atoms with Crippen molar-refractivity contribution in [1.82, 2.24) is 0 Å². The number of rotatable bonds is 3. The number of ether oxygens (including phenoxy) is 1. The van der Waals surface area contributed by atoms with Gasteiger partial charge in [-0.3, -0.25) is 0 Å². The molecule has 1 atom stereocenters. The van der Waals surface area contributed by atoms with E-state index in [1.54, 1.807) is 6.07 Å². The van der Waals surface area contributed by atoms with Crippen molar-refractivity contribution in [2.45, 2.75) is 25.6 Å². The van der Waals surface area contributed by atoms with Crippen LogP contribution < -0.4 is 0 Å². The molecule has 0 saturated carbocycles. The molecule has 0 aliphatic carbocycles. The maximum absolute atomic E-state index is 12.4. The van der Waals surface area contributed by atoms with Gasteiger partial charge in [0.1, 0.15) is 0 Å².